The molecular formula is C15H21NO2. The molecule has 1 saturated heterocycles. The summed E-state index contributed by atoms with van der Waals surface area (Å²) < 4.78 is 0. The largest absolute Gasteiger partial charge is 0.480 e. The molecule has 1 atom stereocenters. The van der Waals surface area contributed by atoms with Crippen molar-refractivity contribution >= 4 is 5.97 Å². The van der Waals surface area contributed by atoms with E-state index in [0.29, 0.717) is 0 Å². The molecule has 1 unspecified atom stereocenters. The Balaban J connectivity index is 2.13. The molecule has 1 aliphatic heterocycles. The quantitative estimate of drug-likeness (QED) is 0.893. The minimum absolute atomic E-state index is 0.209. The van der Waals surface area contributed by atoms with E-state index in [1.165, 1.54) is 5.56 Å². The van der Waals surface area contributed by atoms with Crippen molar-refractivity contribution in [2.24, 2.45) is 5.41 Å². The fraction of sp³-hybridized carbons (Fsp3) is 0.533. The lowest BCUT2D eigenvalue weighted by molar-refractivity contribution is -0.146. The third-order valence-corrected chi connectivity index (χ3v) is 3.68. The van der Waals surface area contributed by atoms with Gasteiger partial charge in [0.2, 0.25) is 0 Å². The lowest BCUT2D eigenvalue weighted by Gasteiger charge is -2.42. The Labute approximate surface area is 108 Å². The predicted octanol–water partition coefficient (Wildman–Crippen LogP) is 2.76. The molecule has 98 valence electrons. The van der Waals surface area contributed by atoms with Crippen LogP contribution in [0.2, 0.25) is 0 Å². The molecule has 0 radical (unpaired) electrons. The molecule has 1 aliphatic rings. The fourth-order valence-electron chi connectivity index (χ4n) is 2.71. The van der Waals surface area contributed by atoms with Crippen LogP contribution >= 0.6 is 0 Å². The highest BCUT2D eigenvalue weighted by molar-refractivity contribution is 5.73. The molecule has 3 nitrogen and oxygen atoms in total. The van der Waals surface area contributed by atoms with E-state index in [1.807, 2.05) is 18.2 Å². The van der Waals surface area contributed by atoms with Gasteiger partial charge < -0.3 is 5.11 Å². The molecular weight excluding hydrogens is 226 g/mol. The summed E-state index contributed by atoms with van der Waals surface area (Å²) in [5.41, 5.74) is 1.39. The van der Waals surface area contributed by atoms with Crippen LogP contribution in [0.4, 0.5) is 0 Å². The first kappa shape index (κ1) is 13.1. The monoisotopic (exact) mass is 247 g/mol. The van der Waals surface area contributed by atoms with Gasteiger partial charge in [-0.15, -0.1) is 0 Å². The van der Waals surface area contributed by atoms with Gasteiger partial charge >= 0.3 is 5.97 Å². The van der Waals surface area contributed by atoms with E-state index in [0.717, 1.165) is 25.9 Å². The second kappa shape index (κ2) is 5.11. The molecule has 0 aliphatic carbocycles. The Morgan fingerprint density at radius 2 is 2.06 bits per heavy atom. The summed E-state index contributed by atoms with van der Waals surface area (Å²) in [7, 11) is 0. The molecule has 0 aromatic heterocycles. The molecule has 0 saturated carbocycles. The maximum atomic E-state index is 11.3. The maximum absolute atomic E-state index is 11.3. The van der Waals surface area contributed by atoms with Crippen molar-refractivity contribution in [1.82, 2.24) is 4.90 Å². The van der Waals surface area contributed by atoms with Gasteiger partial charge in [-0.05, 0) is 23.8 Å². The zero-order chi connectivity index (χ0) is 13.2. The number of aliphatic carboxylic acids is 1. The number of carboxylic acid groups (broad SMARTS) is 1. The Morgan fingerprint density at radius 1 is 1.39 bits per heavy atom. The molecule has 1 N–H and O–H groups in total. The van der Waals surface area contributed by atoms with E-state index in [1.54, 1.807) is 0 Å². The minimum Gasteiger partial charge on any atom is -0.480 e. The maximum Gasteiger partial charge on any atom is 0.320 e. The molecule has 0 bridgehead atoms. The second-order valence-corrected chi connectivity index (χ2v) is 5.95. The van der Waals surface area contributed by atoms with E-state index in [2.05, 4.69) is 30.9 Å². The van der Waals surface area contributed by atoms with Gasteiger partial charge in [-0.3, -0.25) is 9.69 Å². The van der Waals surface area contributed by atoms with Crippen molar-refractivity contribution in [1.29, 1.82) is 0 Å². The van der Waals surface area contributed by atoms with E-state index in [-0.39, 0.29) is 11.5 Å². The minimum atomic E-state index is -0.693. The summed E-state index contributed by atoms with van der Waals surface area (Å²) in [6.07, 6.45) is 1.73. The lowest BCUT2D eigenvalue weighted by atomic mass is 9.81. The van der Waals surface area contributed by atoms with E-state index >= 15 is 0 Å². The van der Waals surface area contributed by atoms with Crippen LogP contribution in [0.3, 0.4) is 0 Å². The number of hydrogen-bond donors (Lipinski definition) is 1. The highest BCUT2D eigenvalue weighted by Crippen LogP contribution is 2.32. The molecule has 0 spiro atoms. The first-order valence-electron chi connectivity index (χ1n) is 6.49. The van der Waals surface area contributed by atoms with E-state index < -0.39 is 5.97 Å². The van der Waals surface area contributed by atoms with Gasteiger partial charge in [0.05, 0.1) is 0 Å². The molecule has 1 fully saturated rings. The van der Waals surface area contributed by atoms with Crippen LogP contribution in [-0.4, -0.2) is 28.6 Å². The molecule has 0 amide bonds. The normalized spacial score (nSPS) is 23.8. The average Bonchev–Trinajstić information content (AvgIpc) is 2.28. The second-order valence-electron chi connectivity index (χ2n) is 5.95. The molecule has 1 heterocycles. The summed E-state index contributed by atoms with van der Waals surface area (Å²) >= 11 is 0. The van der Waals surface area contributed by atoms with Gasteiger partial charge in [0.15, 0.2) is 0 Å². The molecule has 1 aromatic rings. The number of benzene rings is 1. The van der Waals surface area contributed by atoms with Gasteiger partial charge in [0, 0.05) is 13.1 Å². The Kier molecular flexibility index (Phi) is 3.71. The zero-order valence-electron chi connectivity index (χ0n) is 11.1. The molecule has 3 heteroatoms. The van der Waals surface area contributed by atoms with Crippen LogP contribution in [0.15, 0.2) is 30.3 Å². The lowest BCUT2D eigenvalue weighted by Crippen LogP contribution is -2.49. The third-order valence-electron chi connectivity index (χ3n) is 3.68. The Bertz CT molecular complexity index is 414. The van der Waals surface area contributed by atoms with Crippen LogP contribution in [0.5, 0.6) is 0 Å². The standard InChI is InChI=1S/C15H21NO2/c1-15(2)9-8-13(14(17)18)16(11-15)10-12-6-4-3-5-7-12/h3-7,13H,8-11H2,1-2H3,(H,17,18). The van der Waals surface area contributed by atoms with Crippen molar-refractivity contribution in [3.05, 3.63) is 35.9 Å². The first-order chi connectivity index (χ1) is 8.48. The Hall–Kier alpha value is -1.35. The van der Waals surface area contributed by atoms with Crippen LogP contribution in [0.25, 0.3) is 0 Å². The fourth-order valence-corrected chi connectivity index (χ4v) is 2.71. The van der Waals surface area contributed by atoms with Crippen LogP contribution in [0, 0.1) is 5.41 Å². The van der Waals surface area contributed by atoms with Crippen molar-refractivity contribution in [2.45, 2.75) is 39.3 Å². The number of carbonyl (C=O) groups is 1. The topological polar surface area (TPSA) is 40.5 Å². The molecule has 18 heavy (non-hydrogen) atoms. The van der Waals surface area contributed by atoms with Crippen molar-refractivity contribution in [3.63, 3.8) is 0 Å². The number of piperidine rings is 1. The number of nitrogens with zero attached hydrogens (tertiary/aromatic N) is 1. The summed E-state index contributed by atoms with van der Waals surface area (Å²) in [5, 5.41) is 9.32. The summed E-state index contributed by atoms with van der Waals surface area (Å²) in [4.78, 5) is 13.4. The number of hydrogen-bond acceptors (Lipinski definition) is 2. The van der Waals surface area contributed by atoms with Gasteiger partial charge in [-0.25, -0.2) is 0 Å². The number of likely N-dealkylation sites (tertiary alicyclic amines) is 1. The van der Waals surface area contributed by atoms with Crippen LogP contribution in [0.1, 0.15) is 32.3 Å². The zero-order valence-corrected chi connectivity index (χ0v) is 11.1. The van der Waals surface area contributed by atoms with Gasteiger partial charge in [-0.1, -0.05) is 44.2 Å². The van der Waals surface area contributed by atoms with Crippen molar-refractivity contribution < 1.29 is 9.90 Å². The van der Waals surface area contributed by atoms with Gasteiger partial charge in [0.1, 0.15) is 6.04 Å². The highest BCUT2D eigenvalue weighted by atomic mass is 16.4. The van der Waals surface area contributed by atoms with Crippen LogP contribution in [-0.2, 0) is 11.3 Å². The number of carboxylic acids is 1. The summed E-state index contributed by atoms with van der Waals surface area (Å²) in [6, 6.07) is 9.76. The SMILES string of the molecule is CC1(C)CCC(C(=O)O)N(Cc2ccccc2)C1. The summed E-state index contributed by atoms with van der Waals surface area (Å²) in [5.74, 6) is -0.693. The third kappa shape index (κ3) is 3.10. The first-order valence-corrected chi connectivity index (χ1v) is 6.49. The average molecular weight is 247 g/mol. The molecule has 1 aromatic carbocycles. The van der Waals surface area contributed by atoms with Gasteiger partial charge in [-0.2, -0.15) is 0 Å². The highest BCUT2D eigenvalue weighted by Gasteiger charge is 2.36. The van der Waals surface area contributed by atoms with Crippen molar-refractivity contribution in [2.75, 3.05) is 6.54 Å². The Morgan fingerprint density at radius 3 is 2.67 bits per heavy atom. The van der Waals surface area contributed by atoms with Crippen LogP contribution < -0.4 is 0 Å². The number of rotatable bonds is 3. The van der Waals surface area contributed by atoms with E-state index in [9.17, 15) is 9.90 Å². The van der Waals surface area contributed by atoms with E-state index in [4.69, 9.17) is 0 Å². The van der Waals surface area contributed by atoms with Gasteiger partial charge in [0.25, 0.3) is 0 Å². The molecule has 2 rings (SSSR count). The summed E-state index contributed by atoms with van der Waals surface area (Å²) in [6.45, 7) is 5.99. The smallest absolute Gasteiger partial charge is 0.320 e. The van der Waals surface area contributed by atoms with Crippen molar-refractivity contribution in [3.8, 4) is 0 Å². The predicted molar refractivity (Wildman–Crippen MR) is 71.3 cm³/mol.